The zero-order chi connectivity index (χ0) is 10.1. The van der Waals surface area contributed by atoms with E-state index in [0.717, 1.165) is 22.9 Å². The van der Waals surface area contributed by atoms with Crippen molar-refractivity contribution in [3.05, 3.63) is 34.5 Å². The highest BCUT2D eigenvalue weighted by molar-refractivity contribution is 9.08. The molecule has 0 unspecified atom stereocenters. The van der Waals surface area contributed by atoms with Crippen LogP contribution in [0, 0.1) is 5.82 Å². The first-order valence-corrected chi connectivity index (χ1v) is 6.51. The van der Waals surface area contributed by atoms with E-state index in [4.69, 9.17) is 0 Å². The fourth-order valence-electron chi connectivity index (χ4n) is 1.60. The quantitative estimate of drug-likeness (QED) is 0.707. The lowest BCUT2D eigenvalue weighted by molar-refractivity contribution is 0.605. The molecule has 0 amide bonds. The SMILES string of the molecule is CCc1cc2sccc2c(CBr)c1F. The molecule has 0 aliphatic rings. The monoisotopic (exact) mass is 272 g/mol. The highest BCUT2D eigenvalue weighted by atomic mass is 79.9. The first kappa shape index (κ1) is 10.1. The molecule has 0 radical (unpaired) electrons. The fraction of sp³-hybridized carbons (Fsp3) is 0.273. The Morgan fingerprint density at radius 1 is 1.50 bits per heavy atom. The number of alkyl halides is 1. The Morgan fingerprint density at radius 2 is 2.29 bits per heavy atom. The summed E-state index contributed by atoms with van der Waals surface area (Å²) in [6.45, 7) is 1.98. The normalized spacial score (nSPS) is 11.1. The van der Waals surface area contributed by atoms with Gasteiger partial charge in [0.05, 0.1) is 0 Å². The zero-order valence-corrected chi connectivity index (χ0v) is 10.2. The number of hydrogen-bond donors (Lipinski definition) is 0. The minimum atomic E-state index is -0.0460. The van der Waals surface area contributed by atoms with Crippen molar-refractivity contribution in [2.75, 3.05) is 0 Å². The van der Waals surface area contributed by atoms with Crippen molar-refractivity contribution < 1.29 is 4.39 Å². The van der Waals surface area contributed by atoms with Crippen molar-refractivity contribution >= 4 is 37.4 Å². The van der Waals surface area contributed by atoms with E-state index in [0.29, 0.717) is 5.33 Å². The van der Waals surface area contributed by atoms with Gasteiger partial charge < -0.3 is 0 Å². The summed E-state index contributed by atoms with van der Waals surface area (Å²) in [7, 11) is 0. The lowest BCUT2D eigenvalue weighted by atomic mass is 10.1. The van der Waals surface area contributed by atoms with Crippen molar-refractivity contribution in [1.29, 1.82) is 0 Å². The summed E-state index contributed by atoms with van der Waals surface area (Å²) in [5, 5.41) is 3.64. The summed E-state index contributed by atoms with van der Waals surface area (Å²) in [5.41, 5.74) is 1.61. The van der Waals surface area contributed by atoms with Gasteiger partial charge in [-0.25, -0.2) is 4.39 Å². The molecule has 14 heavy (non-hydrogen) atoms. The van der Waals surface area contributed by atoms with E-state index >= 15 is 0 Å². The maximum atomic E-state index is 13.9. The molecule has 0 aliphatic carbocycles. The van der Waals surface area contributed by atoms with Crippen LogP contribution in [0.2, 0.25) is 0 Å². The van der Waals surface area contributed by atoms with E-state index in [1.54, 1.807) is 11.3 Å². The highest BCUT2D eigenvalue weighted by Gasteiger charge is 2.11. The molecule has 0 atom stereocenters. The fourth-order valence-corrected chi connectivity index (χ4v) is 3.03. The van der Waals surface area contributed by atoms with Crippen molar-refractivity contribution in [1.82, 2.24) is 0 Å². The Balaban J connectivity index is 2.80. The highest BCUT2D eigenvalue weighted by Crippen LogP contribution is 2.30. The number of benzene rings is 1. The van der Waals surface area contributed by atoms with Crippen molar-refractivity contribution in [2.45, 2.75) is 18.7 Å². The van der Waals surface area contributed by atoms with E-state index in [1.165, 1.54) is 4.70 Å². The molecule has 0 aliphatic heterocycles. The second-order valence-electron chi connectivity index (χ2n) is 3.15. The maximum absolute atomic E-state index is 13.9. The Bertz CT molecular complexity index is 462. The van der Waals surface area contributed by atoms with E-state index in [9.17, 15) is 4.39 Å². The molecule has 74 valence electrons. The first-order chi connectivity index (χ1) is 6.77. The molecule has 1 heterocycles. The van der Waals surface area contributed by atoms with Crippen LogP contribution < -0.4 is 0 Å². The zero-order valence-electron chi connectivity index (χ0n) is 7.81. The van der Waals surface area contributed by atoms with Crippen LogP contribution in [0.4, 0.5) is 4.39 Å². The van der Waals surface area contributed by atoms with Gasteiger partial charge in [0.25, 0.3) is 0 Å². The third-order valence-electron chi connectivity index (χ3n) is 2.39. The largest absolute Gasteiger partial charge is 0.206 e. The molecular formula is C11H10BrFS. The predicted octanol–water partition coefficient (Wildman–Crippen LogP) is 4.50. The molecule has 1 aromatic heterocycles. The third-order valence-corrected chi connectivity index (χ3v) is 3.81. The number of hydrogen-bond acceptors (Lipinski definition) is 1. The molecule has 2 rings (SSSR count). The van der Waals surface area contributed by atoms with Gasteiger partial charge in [0.1, 0.15) is 5.82 Å². The average molecular weight is 273 g/mol. The van der Waals surface area contributed by atoms with Gasteiger partial charge in [-0.1, -0.05) is 22.9 Å². The lowest BCUT2D eigenvalue weighted by Crippen LogP contribution is -1.93. The molecule has 0 saturated carbocycles. The van der Waals surface area contributed by atoms with E-state index < -0.39 is 0 Å². The van der Waals surface area contributed by atoms with Crippen LogP contribution in [-0.2, 0) is 11.8 Å². The van der Waals surface area contributed by atoms with Crippen LogP contribution in [0.25, 0.3) is 10.1 Å². The summed E-state index contributed by atoms with van der Waals surface area (Å²) in [6.07, 6.45) is 0.750. The molecule has 2 aromatic rings. The Hall–Kier alpha value is -0.410. The summed E-state index contributed by atoms with van der Waals surface area (Å²) in [5.74, 6) is -0.0460. The van der Waals surface area contributed by atoms with Crippen LogP contribution in [-0.4, -0.2) is 0 Å². The Kier molecular flexibility index (Phi) is 2.88. The van der Waals surface area contributed by atoms with Crippen LogP contribution >= 0.6 is 27.3 Å². The number of fused-ring (bicyclic) bond motifs is 1. The second kappa shape index (κ2) is 3.99. The Morgan fingerprint density at radius 3 is 2.93 bits per heavy atom. The van der Waals surface area contributed by atoms with Gasteiger partial charge in [-0.05, 0) is 34.9 Å². The summed E-state index contributed by atoms with van der Waals surface area (Å²) >= 11 is 5.01. The van der Waals surface area contributed by atoms with E-state index in [1.807, 2.05) is 24.4 Å². The van der Waals surface area contributed by atoms with Gasteiger partial charge in [-0.3, -0.25) is 0 Å². The van der Waals surface area contributed by atoms with Crippen LogP contribution in [0.1, 0.15) is 18.1 Å². The van der Waals surface area contributed by atoms with Crippen molar-refractivity contribution in [3.8, 4) is 0 Å². The molecule has 0 spiro atoms. The third kappa shape index (κ3) is 1.48. The maximum Gasteiger partial charge on any atom is 0.131 e. The minimum Gasteiger partial charge on any atom is -0.206 e. The molecule has 0 saturated heterocycles. The lowest BCUT2D eigenvalue weighted by Gasteiger charge is -2.06. The molecule has 1 aromatic carbocycles. The number of rotatable bonds is 2. The Labute approximate surface area is 94.9 Å². The minimum absolute atomic E-state index is 0.0460. The molecule has 0 bridgehead atoms. The molecule has 0 nitrogen and oxygen atoms in total. The molecule has 0 N–H and O–H groups in total. The van der Waals surface area contributed by atoms with Gasteiger partial charge in [0.15, 0.2) is 0 Å². The number of aryl methyl sites for hydroxylation is 1. The van der Waals surface area contributed by atoms with Gasteiger partial charge in [0, 0.05) is 15.6 Å². The molecule has 0 fully saturated rings. The van der Waals surface area contributed by atoms with Crippen LogP contribution in [0.15, 0.2) is 17.5 Å². The van der Waals surface area contributed by atoms with E-state index in [2.05, 4.69) is 15.9 Å². The molecular weight excluding hydrogens is 263 g/mol. The average Bonchev–Trinajstić information content (AvgIpc) is 2.64. The number of thiophene rings is 1. The smallest absolute Gasteiger partial charge is 0.131 e. The van der Waals surface area contributed by atoms with Gasteiger partial charge in [0.2, 0.25) is 0 Å². The van der Waals surface area contributed by atoms with Gasteiger partial charge in [-0.2, -0.15) is 0 Å². The van der Waals surface area contributed by atoms with Crippen molar-refractivity contribution in [3.63, 3.8) is 0 Å². The van der Waals surface area contributed by atoms with Gasteiger partial charge in [-0.15, -0.1) is 11.3 Å². The summed E-state index contributed by atoms with van der Waals surface area (Å²) in [4.78, 5) is 0. The second-order valence-corrected chi connectivity index (χ2v) is 4.66. The van der Waals surface area contributed by atoms with Crippen molar-refractivity contribution in [2.24, 2.45) is 0 Å². The summed E-state index contributed by atoms with van der Waals surface area (Å²) < 4.78 is 15.0. The predicted molar refractivity (Wildman–Crippen MR) is 63.8 cm³/mol. The number of halogens is 2. The van der Waals surface area contributed by atoms with E-state index in [-0.39, 0.29) is 5.82 Å². The van der Waals surface area contributed by atoms with Gasteiger partial charge >= 0.3 is 0 Å². The topological polar surface area (TPSA) is 0 Å². The standard InChI is InChI=1S/C11H10BrFS/c1-2-7-5-10-8(3-4-14-10)9(6-12)11(7)13/h3-5H,2,6H2,1H3. The molecule has 3 heteroatoms. The van der Waals surface area contributed by atoms with Crippen LogP contribution in [0.5, 0.6) is 0 Å². The van der Waals surface area contributed by atoms with Crippen LogP contribution in [0.3, 0.4) is 0 Å². The first-order valence-electron chi connectivity index (χ1n) is 4.51. The summed E-state index contributed by atoms with van der Waals surface area (Å²) in [6, 6.07) is 3.95.